The van der Waals surface area contributed by atoms with E-state index in [9.17, 15) is 9.59 Å². The monoisotopic (exact) mass is 356 g/mol. The van der Waals surface area contributed by atoms with Gasteiger partial charge in [-0.2, -0.15) is 0 Å². The molecule has 1 unspecified atom stereocenters. The van der Waals surface area contributed by atoms with Gasteiger partial charge in [-0.15, -0.1) is 11.8 Å². The molecular weight excluding hydrogens is 328 g/mol. The molecule has 0 aliphatic carbocycles. The summed E-state index contributed by atoms with van der Waals surface area (Å²) in [7, 11) is 0. The molecule has 3 heterocycles. The van der Waals surface area contributed by atoms with Crippen molar-refractivity contribution < 1.29 is 14.7 Å². The van der Waals surface area contributed by atoms with Crippen LogP contribution in [0.15, 0.2) is 0 Å². The van der Waals surface area contributed by atoms with Gasteiger partial charge in [0.05, 0.1) is 18.5 Å². The summed E-state index contributed by atoms with van der Waals surface area (Å²) < 4.78 is 0. The Bertz CT molecular complexity index is 451. The molecule has 0 bridgehead atoms. The zero-order valence-corrected chi connectivity index (χ0v) is 15.0. The van der Waals surface area contributed by atoms with Crippen molar-refractivity contribution >= 4 is 23.6 Å². The SMILES string of the molecule is O=C(CC1CN[C@H](C(=O)N2CCSC2)C1)N1CCN(CCO)CC1. The average molecular weight is 356 g/mol. The van der Waals surface area contributed by atoms with E-state index in [0.29, 0.717) is 13.0 Å². The van der Waals surface area contributed by atoms with E-state index in [2.05, 4.69) is 10.2 Å². The minimum atomic E-state index is -0.108. The van der Waals surface area contributed by atoms with Crippen molar-refractivity contribution in [3.05, 3.63) is 0 Å². The van der Waals surface area contributed by atoms with Crippen LogP contribution in [0.2, 0.25) is 0 Å². The van der Waals surface area contributed by atoms with Crippen molar-refractivity contribution in [2.75, 3.05) is 64.0 Å². The van der Waals surface area contributed by atoms with Crippen LogP contribution >= 0.6 is 11.8 Å². The van der Waals surface area contributed by atoms with E-state index >= 15 is 0 Å². The number of aliphatic hydroxyl groups excluding tert-OH is 1. The summed E-state index contributed by atoms with van der Waals surface area (Å²) in [6, 6.07) is -0.108. The zero-order chi connectivity index (χ0) is 16.9. The standard InChI is InChI=1S/C16H28N4O3S/c21-7-5-18-1-3-19(4-2-18)15(22)10-13-9-14(17-11-13)16(23)20-6-8-24-12-20/h13-14,17,21H,1-12H2/t13?,14-/m0/s1. The number of hydrogen-bond acceptors (Lipinski definition) is 6. The van der Waals surface area contributed by atoms with Crippen LogP contribution in [-0.4, -0.2) is 102 Å². The third kappa shape index (κ3) is 4.41. The van der Waals surface area contributed by atoms with Crippen molar-refractivity contribution in [3.63, 3.8) is 0 Å². The number of aliphatic hydroxyl groups is 1. The minimum absolute atomic E-state index is 0.108. The first-order valence-corrected chi connectivity index (χ1v) is 10.0. The number of β-amino-alcohol motifs (C(OH)–C–C–N with tert-alkyl or cyclic N) is 1. The fourth-order valence-electron chi connectivity index (χ4n) is 3.70. The number of nitrogens with zero attached hydrogens (tertiary/aromatic N) is 3. The first kappa shape index (κ1) is 18.0. The molecule has 0 saturated carbocycles. The summed E-state index contributed by atoms with van der Waals surface area (Å²) in [5, 5.41) is 12.3. The summed E-state index contributed by atoms with van der Waals surface area (Å²) in [5.74, 6) is 2.50. The van der Waals surface area contributed by atoms with Crippen LogP contribution in [0.3, 0.4) is 0 Å². The molecule has 0 aromatic heterocycles. The molecule has 3 saturated heterocycles. The molecule has 2 atom stereocenters. The highest BCUT2D eigenvalue weighted by Gasteiger charge is 2.35. The van der Waals surface area contributed by atoms with E-state index in [0.717, 1.165) is 57.3 Å². The van der Waals surface area contributed by atoms with E-state index < -0.39 is 0 Å². The normalized spacial score (nSPS) is 28.5. The highest BCUT2D eigenvalue weighted by atomic mass is 32.2. The Hall–Kier alpha value is -0.830. The molecule has 136 valence electrons. The molecule has 0 spiro atoms. The lowest BCUT2D eigenvalue weighted by molar-refractivity contribution is -0.134. The molecule has 0 aromatic carbocycles. The van der Waals surface area contributed by atoms with Crippen molar-refractivity contribution in [3.8, 4) is 0 Å². The summed E-state index contributed by atoms with van der Waals surface area (Å²) in [6.45, 7) is 5.63. The minimum Gasteiger partial charge on any atom is -0.395 e. The van der Waals surface area contributed by atoms with E-state index in [1.165, 1.54) is 0 Å². The van der Waals surface area contributed by atoms with Crippen LogP contribution in [0.5, 0.6) is 0 Å². The molecule has 0 radical (unpaired) electrons. The number of carbonyl (C=O) groups is 2. The lowest BCUT2D eigenvalue weighted by atomic mass is 10.00. The molecule has 0 aromatic rings. The Morgan fingerprint density at radius 1 is 1.12 bits per heavy atom. The van der Waals surface area contributed by atoms with Gasteiger partial charge in [0, 0.05) is 51.4 Å². The van der Waals surface area contributed by atoms with Crippen LogP contribution in [0.25, 0.3) is 0 Å². The van der Waals surface area contributed by atoms with Crippen LogP contribution < -0.4 is 5.32 Å². The Morgan fingerprint density at radius 3 is 2.58 bits per heavy atom. The van der Waals surface area contributed by atoms with E-state index in [1.54, 1.807) is 11.8 Å². The Labute approximate surface area is 147 Å². The molecule has 2 N–H and O–H groups in total. The average Bonchev–Trinajstić information content (AvgIpc) is 3.27. The Balaban J connectivity index is 1.40. The Morgan fingerprint density at radius 2 is 1.92 bits per heavy atom. The number of amides is 2. The lowest BCUT2D eigenvalue weighted by Crippen LogP contribution is -2.49. The first-order chi connectivity index (χ1) is 11.7. The van der Waals surface area contributed by atoms with Gasteiger partial charge in [-0.1, -0.05) is 0 Å². The van der Waals surface area contributed by atoms with Gasteiger partial charge in [-0.25, -0.2) is 0 Å². The van der Waals surface area contributed by atoms with Gasteiger partial charge in [0.2, 0.25) is 11.8 Å². The molecule has 3 fully saturated rings. The molecule has 3 rings (SSSR count). The van der Waals surface area contributed by atoms with Crippen molar-refractivity contribution in [2.24, 2.45) is 5.92 Å². The predicted molar refractivity (Wildman–Crippen MR) is 93.7 cm³/mol. The first-order valence-electron chi connectivity index (χ1n) is 8.88. The lowest BCUT2D eigenvalue weighted by Gasteiger charge is -2.34. The fourth-order valence-corrected chi connectivity index (χ4v) is 4.65. The smallest absolute Gasteiger partial charge is 0.240 e. The zero-order valence-electron chi connectivity index (χ0n) is 14.2. The van der Waals surface area contributed by atoms with Crippen LogP contribution in [0.4, 0.5) is 0 Å². The van der Waals surface area contributed by atoms with Gasteiger partial charge in [0.1, 0.15) is 0 Å². The number of piperazine rings is 1. The van der Waals surface area contributed by atoms with Crippen molar-refractivity contribution in [2.45, 2.75) is 18.9 Å². The van der Waals surface area contributed by atoms with Gasteiger partial charge >= 0.3 is 0 Å². The van der Waals surface area contributed by atoms with Gasteiger partial charge in [-0.05, 0) is 18.9 Å². The van der Waals surface area contributed by atoms with Gasteiger partial charge < -0.3 is 20.2 Å². The summed E-state index contributed by atoms with van der Waals surface area (Å²) in [5.41, 5.74) is 0. The molecule has 7 nitrogen and oxygen atoms in total. The largest absolute Gasteiger partial charge is 0.395 e. The second-order valence-corrected chi connectivity index (χ2v) is 7.93. The Kier molecular flexibility index (Phi) is 6.37. The van der Waals surface area contributed by atoms with Crippen molar-refractivity contribution in [1.82, 2.24) is 20.0 Å². The molecule has 24 heavy (non-hydrogen) atoms. The number of carbonyl (C=O) groups excluding carboxylic acids is 2. The van der Waals surface area contributed by atoms with Crippen LogP contribution in [0, 0.1) is 5.92 Å². The highest BCUT2D eigenvalue weighted by molar-refractivity contribution is 7.99. The van der Waals surface area contributed by atoms with Gasteiger partial charge in [0.15, 0.2) is 0 Å². The summed E-state index contributed by atoms with van der Waals surface area (Å²) in [6.07, 6.45) is 1.31. The maximum absolute atomic E-state index is 12.5. The molecular formula is C16H28N4O3S. The number of rotatable bonds is 5. The number of hydrogen-bond donors (Lipinski definition) is 2. The van der Waals surface area contributed by atoms with Gasteiger partial charge in [0.25, 0.3) is 0 Å². The third-order valence-corrected chi connectivity index (χ3v) is 6.15. The molecule has 3 aliphatic heterocycles. The number of thioether (sulfide) groups is 1. The second-order valence-electron chi connectivity index (χ2n) is 6.85. The van der Waals surface area contributed by atoms with Gasteiger partial charge in [-0.3, -0.25) is 14.5 Å². The topological polar surface area (TPSA) is 76.1 Å². The van der Waals surface area contributed by atoms with Crippen LogP contribution in [-0.2, 0) is 9.59 Å². The summed E-state index contributed by atoms with van der Waals surface area (Å²) >= 11 is 1.80. The highest BCUT2D eigenvalue weighted by Crippen LogP contribution is 2.23. The molecule has 2 amide bonds. The van der Waals surface area contributed by atoms with E-state index in [-0.39, 0.29) is 30.4 Å². The molecule has 8 heteroatoms. The van der Waals surface area contributed by atoms with E-state index in [4.69, 9.17) is 5.11 Å². The van der Waals surface area contributed by atoms with E-state index in [1.807, 2.05) is 9.80 Å². The maximum Gasteiger partial charge on any atom is 0.240 e. The maximum atomic E-state index is 12.5. The van der Waals surface area contributed by atoms with Crippen LogP contribution in [0.1, 0.15) is 12.8 Å². The third-order valence-electron chi connectivity index (χ3n) is 5.19. The predicted octanol–water partition coefficient (Wildman–Crippen LogP) is -0.976. The number of nitrogens with one attached hydrogen (secondary N) is 1. The van der Waals surface area contributed by atoms with Crippen molar-refractivity contribution in [1.29, 1.82) is 0 Å². The molecule has 3 aliphatic rings. The summed E-state index contributed by atoms with van der Waals surface area (Å²) in [4.78, 5) is 30.9. The fraction of sp³-hybridized carbons (Fsp3) is 0.875. The quantitative estimate of drug-likeness (QED) is 0.660. The second kappa shape index (κ2) is 8.51.